The Bertz CT molecular complexity index is 869. The zero-order valence-electron chi connectivity index (χ0n) is 15.6. The van der Waals surface area contributed by atoms with E-state index in [-0.39, 0.29) is 5.91 Å². The number of nitrogens with zero attached hydrogens (tertiary/aromatic N) is 2. The second kappa shape index (κ2) is 9.12. The van der Waals surface area contributed by atoms with Gasteiger partial charge >= 0.3 is 6.03 Å². The number of hydrazone groups is 1. The number of fused-ring (bicyclic) bond motifs is 1. The van der Waals surface area contributed by atoms with E-state index in [1.54, 1.807) is 13.0 Å². The number of rotatable bonds is 7. The zero-order chi connectivity index (χ0) is 19.9. The SMILES string of the molecule is C/C(CCN1NC(OCc2ccccc2)c2ccccc2C1=O)=N\NC(N)=O. The molecule has 0 saturated carbocycles. The molecule has 1 atom stereocenters. The summed E-state index contributed by atoms with van der Waals surface area (Å²) >= 11 is 0. The Morgan fingerprint density at radius 2 is 1.93 bits per heavy atom. The molecule has 0 radical (unpaired) electrons. The summed E-state index contributed by atoms with van der Waals surface area (Å²) in [5, 5.41) is 5.38. The minimum atomic E-state index is -0.727. The molecule has 0 aromatic heterocycles. The quantitative estimate of drug-likeness (QED) is 0.505. The highest BCUT2D eigenvalue weighted by atomic mass is 16.5. The Kier molecular flexibility index (Phi) is 6.36. The van der Waals surface area contributed by atoms with E-state index in [0.29, 0.717) is 30.8 Å². The first-order chi connectivity index (χ1) is 13.5. The van der Waals surface area contributed by atoms with Crippen LogP contribution in [0, 0.1) is 0 Å². The van der Waals surface area contributed by atoms with Crippen molar-refractivity contribution in [3.63, 3.8) is 0 Å². The summed E-state index contributed by atoms with van der Waals surface area (Å²) in [6.45, 7) is 2.54. The molecule has 0 fully saturated rings. The fraction of sp³-hybridized carbons (Fsp3) is 0.250. The van der Waals surface area contributed by atoms with E-state index in [1.807, 2.05) is 48.5 Å². The van der Waals surface area contributed by atoms with Crippen LogP contribution in [0.25, 0.3) is 0 Å². The van der Waals surface area contributed by atoms with Gasteiger partial charge < -0.3 is 10.5 Å². The number of hydrazine groups is 1. The van der Waals surface area contributed by atoms with Crippen LogP contribution in [0.1, 0.15) is 41.1 Å². The number of hydrogen-bond acceptors (Lipinski definition) is 5. The first-order valence-electron chi connectivity index (χ1n) is 8.95. The molecule has 1 aliphatic rings. The minimum Gasteiger partial charge on any atom is -0.353 e. The van der Waals surface area contributed by atoms with Crippen LogP contribution in [0.5, 0.6) is 0 Å². The predicted molar refractivity (Wildman–Crippen MR) is 105 cm³/mol. The standard InChI is InChI=1S/C20H23N5O3/c1-14(22-23-20(21)27)11-12-25-19(26)17-10-6-5-9-16(17)18(24-25)28-13-15-7-3-2-4-8-15/h2-10,18,24H,11-13H2,1H3,(H3,21,23,27)/b22-14+. The van der Waals surface area contributed by atoms with Crippen LogP contribution >= 0.6 is 0 Å². The number of nitrogens with two attached hydrogens (primary N) is 1. The Balaban J connectivity index is 1.70. The number of urea groups is 1. The van der Waals surface area contributed by atoms with Crippen LogP contribution < -0.4 is 16.6 Å². The molecule has 8 nitrogen and oxygen atoms in total. The maximum absolute atomic E-state index is 12.8. The van der Waals surface area contributed by atoms with Crippen molar-refractivity contribution in [2.45, 2.75) is 26.2 Å². The molecular weight excluding hydrogens is 358 g/mol. The van der Waals surface area contributed by atoms with Crippen LogP contribution in [0.15, 0.2) is 59.7 Å². The van der Waals surface area contributed by atoms with E-state index in [2.05, 4.69) is 16.0 Å². The van der Waals surface area contributed by atoms with Gasteiger partial charge in [-0.05, 0) is 18.6 Å². The van der Waals surface area contributed by atoms with Crippen molar-refractivity contribution < 1.29 is 14.3 Å². The molecule has 2 aromatic carbocycles. The largest absolute Gasteiger partial charge is 0.353 e. The lowest BCUT2D eigenvalue weighted by molar-refractivity contribution is -0.0381. The van der Waals surface area contributed by atoms with Crippen LogP contribution in [-0.2, 0) is 11.3 Å². The summed E-state index contributed by atoms with van der Waals surface area (Å²) < 4.78 is 6.05. The van der Waals surface area contributed by atoms with Gasteiger partial charge in [0.2, 0.25) is 0 Å². The van der Waals surface area contributed by atoms with Gasteiger partial charge in [-0.2, -0.15) is 10.5 Å². The third-order valence-corrected chi connectivity index (χ3v) is 4.31. The molecule has 3 amide bonds. The molecule has 1 aliphatic heterocycles. The van der Waals surface area contributed by atoms with Crippen molar-refractivity contribution in [1.82, 2.24) is 15.9 Å². The van der Waals surface area contributed by atoms with Crippen molar-refractivity contribution in [2.75, 3.05) is 6.54 Å². The first kappa shape index (κ1) is 19.5. The van der Waals surface area contributed by atoms with Crippen molar-refractivity contribution in [3.8, 4) is 0 Å². The van der Waals surface area contributed by atoms with E-state index < -0.39 is 12.3 Å². The smallest absolute Gasteiger partial charge is 0.332 e. The van der Waals surface area contributed by atoms with Gasteiger partial charge in [-0.25, -0.2) is 10.2 Å². The molecule has 8 heteroatoms. The zero-order valence-corrected chi connectivity index (χ0v) is 15.6. The highest BCUT2D eigenvalue weighted by molar-refractivity contribution is 5.96. The predicted octanol–water partition coefficient (Wildman–Crippen LogP) is 2.30. The topological polar surface area (TPSA) is 109 Å². The third-order valence-electron chi connectivity index (χ3n) is 4.31. The molecule has 4 N–H and O–H groups in total. The molecular formula is C20H23N5O3. The van der Waals surface area contributed by atoms with Gasteiger partial charge in [0.05, 0.1) is 6.61 Å². The number of carbonyl (C=O) groups is 2. The fourth-order valence-electron chi connectivity index (χ4n) is 2.86. The molecule has 1 heterocycles. The Morgan fingerprint density at radius 3 is 2.68 bits per heavy atom. The summed E-state index contributed by atoms with van der Waals surface area (Å²) in [5.41, 5.74) is 13.4. The maximum atomic E-state index is 12.8. The fourth-order valence-corrected chi connectivity index (χ4v) is 2.86. The summed E-state index contributed by atoms with van der Waals surface area (Å²) in [6, 6.07) is 16.5. The molecule has 0 spiro atoms. The third kappa shape index (κ3) is 4.93. The Labute approximate surface area is 163 Å². The number of nitrogens with one attached hydrogen (secondary N) is 2. The molecule has 146 valence electrons. The molecule has 0 bridgehead atoms. The second-order valence-corrected chi connectivity index (χ2v) is 6.42. The summed E-state index contributed by atoms with van der Waals surface area (Å²) in [6.07, 6.45) is 0.0159. The van der Waals surface area contributed by atoms with E-state index in [1.165, 1.54) is 5.01 Å². The van der Waals surface area contributed by atoms with Crippen LogP contribution in [-0.4, -0.2) is 29.2 Å². The van der Waals surface area contributed by atoms with Gasteiger partial charge in [0.15, 0.2) is 6.23 Å². The number of amides is 3. The van der Waals surface area contributed by atoms with Crippen LogP contribution in [0.4, 0.5) is 4.79 Å². The number of primary amides is 1. The van der Waals surface area contributed by atoms with E-state index >= 15 is 0 Å². The van der Waals surface area contributed by atoms with Gasteiger partial charge in [0.25, 0.3) is 5.91 Å². The van der Waals surface area contributed by atoms with Crippen molar-refractivity contribution >= 4 is 17.6 Å². The molecule has 28 heavy (non-hydrogen) atoms. The number of hydrogen-bond donors (Lipinski definition) is 3. The normalized spacial score (nSPS) is 16.6. The van der Waals surface area contributed by atoms with E-state index in [0.717, 1.165) is 11.1 Å². The van der Waals surface area contributed by atoms with Gasteiger partial charge in [-0.3, -0.25) is 9.80 Å². The number of ether oxygens (including phenoxy) is 1. The summed E-state index contributed by atoms with van der Waals surface area (Å²) in [7, 11) is 0. The monoisotopic (exact) mass is 381 g/mol. The molecule has 2 aromatic rings. The average molecular weight is 381 g/mol. The van der Waals surface area contributed by atoms with Crippen molar-refractivity contribution in [1.29, 1.82) is 0 Å². The average Bonchev–Trinajstić information content (AvgIpc) is 2.72. The molecule has 3 rings (SSSR count). The van der Waals surface area contributed by atoms with Crippen molar-refractivity contribution in [3.05, 3.63) is 71.3 Å². The van der Waals surface area contributed by atoms with E-state index in [4.69, 9.17) is 10.5 Å². The van der Waals surface area contributed by atoms with Crippen LogP contribution in [0.3, 0.4) is 0 Å². The van der Waals surface area contributed by atoms with Gasteiger partial charge in [0.1, 0.15) is 0 Å². The van der Waals surface area contributed by atoms with Gasteiger partial charge in [0, 0.05) is 29.8 Å². The van der Waals surface area contributed by atoms with Crippen molar-refractivity contribution in [2.24, 2.45) is 10.8 Å². The lowest BCUT2D eigenvalue weighted by atomic mass is 10.0. The molecule has 1 unspecified atom stereocenters. The summed E-state index contributed by atoms with van der Waals surface area (Å²) in [5.74, 6) is -0.133. The highest BCUT2D eigenvalue weighted by Crippen LogP contribution is 2.26. The first-order valence-corrected chi connectivity index (χ1v) is 8.95. The van der Waals surface area contributed by atoms with Gasteiger partial charge in [-0.1, -0.05) is 48.5 Å². The lowest BCUT2D eigenvalue weighted by Gasteiger charge is -2.35. The van der Waals surface area contributed by atoms with Gasteiger partial charge in [-0.15, -0.1) is 0 Å². The Hall–Kier alpha value is -3.23. The number of benzene rings is 2. The summed E-state index contributed by atoms with van der Waals surface area (Å²) in [4.78, 5) is 23.5. The molecule has 0 aliphatic carbocycles. The van der Waals surface area contributed by atoms with E-state index in [9.17, 15) is 9.59 Å². The minimum absolute atomic E-state index is 0.133. The Morgan fingerprint density at radius 1 is 1.21 bits per heavy atom. The highest BCUT2D eigenvalue weighted by Gasteiger charge is 2.31. The molecule has 0 saturated heterocycles. The van der Waals surface area contributed by atoms with Crippen LogP contribution in [0.2, 0.25) is 0 Å². The lowest BCUT2D eigenvalue weighted by Crippen LogP contribution is -2.50. The second-order valence-electron chi connectivity index (χ2n) is 6.42. The number of carbonyl (C=O) groups excluding carboxylic acids is 2. The maximum Gasteiger partial charge on any atom is 0.332 e.